The van der Waals surface area contributed by atoms with Gasteiger partial charge in [0, 0.05) is 0 Å². The number of aliphatic carboxylic acids is 1. The Labute approximate surface area is 113 Å². The van der Waals surface area contributed by atoms with Crippen LogP contribution in [0.4, 0.5) is 0 Å². The van der Waals surface area contributed by atoms with Crippen LogP contribution in [0.2, 0.25) is 0 Å². The van der Waals surface area contributed by atoms with Gasteiger partial charge in [0.2, 0.25) is 0 Å². The van der Waals surface area contributed by atoms with E-state index in [-0.39, 0.29) is 5.92 Å². The van der Waals surface area contributed by atoms with Crippen LogP contribution in [0, 0.1) is 5.92 Å². The monoisotopic (exact) mass is 256 g/mol. The normalized spacial score (nSPS) is 12.6. The van der Waals surface area contributed by atoms with Crippen molar-refractivity contribution in [2.75, 3.05) is 0 Å². The van der Waals surface area contributed by atoms with Gasteiger partial charge in [-0.05, 0) is 12.8 Å². The van der Waals surface area contributed by atoms with Crippen molar-refractivity contribution >= 4 is 5.97 Å². The van der Waals surface area contributed by atoms with Crippen molar-refractivity contribution in [1.82, 2.24) is 0 Å². The highest BCUT2D eigenvalue weighted by Gasteiger charge is 2.15. The molecule has 2 nitrogen and oxygen atoms in total. The summed E-state index contributed by atoms with van der Waals surface area (Å²) in [7, 11) is 0. The maximum Gasteiger partial charge on any atom is 0.306 e. The lowest BCUT2D eigenvalue weighted by Crippen LogP contribution is -2.13. The molecule has 0 aromatic heterocycles. The largest absolute Gasteiger partial charge is 0.481 e. The summed E-state index contributed by atoms with van der Waals surface area (Å²) in [6.45, 7) is 4.40. The van der Waals surface area contributed by atoms with E-state index in [2.05, 4.69) is 13.8 Å². The topological polar surface area (TPSA) is 37.3 Å². The molecule has 0 fully saturated rings. The van der Waals surface area contributed by atoms with Gasteiger partial charge < -0.3 is 5.11 Å². The second-order valence-electron chi connectivity index (χ2n) is 5.44. The van der Waals surface area contributed by atoms with Crippen LogP contribution in [-0.2, 0) is 4.79 Å². The summed E-state index contributed by atoms with van der Waals surface area (Å²) < 4.78 is 0. The number of carbonyl (C=O) groups is 1. The molecule has 0 unspecified atom stereocenters. The van der Waals surface area contributed by atoms with Crippen LogP contribution >= 0.6 is 0 Å². The third kappa shape index (κ3) is 10.6. The van der Waals surface area contributed by atoms with Crippen LogP contribution in [0.15, 0.2) is 0 Å². The molecule has 2 heteroatoms. The van der Waals surface area contributed by atoms with Crippen LogP contribution in [0.25, 0.3) is 0 Å². The van der Waals surface area contributed by atoms with Gasteiger partial charge in [-0.15, -0.1) is 0 Å². The lowest BCUT2D eigenvalue weighted by molar-refractivity contribution is -0.142. The van der Waals surface area contributed by atoms with Crippen molar-refractivity contribution in [1.29, 1.82) is 0 Å². The molecule has 0 heterocycles. The molecule has 0 spiro atoms. The quantitative estimate of drug-likeness (QED) is 0.447. The van der Waals surface area contributed by atoms with Gasteiger partial charge in [0.25, 0.3) is 0 Å². The van der Waals surface area contributed by atoms with E-state index < -0.39 is 5.97 Å². The molecule has 0 aromatic rings. The van der Waals surface area contributed by atoms with Crippen LogP contribution in [0.3, 0.4) is 0 Å². The van der Waals surface area contributed by atoms with Crippen molar-refractivity contribution in [3.8, 4) is 0 Å². The average molecular weight is 256 g/mol. The molecule has 0 radical (unpaired) electrons. The molecule has 0 aliphatic rings. The van der Waals surface area contributed by atoms with E-state index in [9.17, 15) is 9.90 Å². The predicted octanol–water partition coefficient (Wildman–Crippen LogP) is 5.41. The average Bonchev–Trinajstić information content (AvgIpc) is 2.35. The molecule has 0 saturated heterocycles. The number of rotatable bonds is 13. The van der Waals surface area contributed by atoms with E-state index in [1.807, 2.05) is 0 Å². The first-order valence-electron chi connectivity index (χ1n) is 7.95. The lowest BCUT2D eigenvalue weighted by atomic mass is 9.94. The van der Waals surface area contributed by atoms with E-state index in [1.54, 1.807) is 0 Å². The number of carboxylic acid groups (broad SMARTS) is 1. The fraction of sp³-hybridized carbons (Fsp3) is 0.938. The van der Waals surface area contributed by atoms with Crippen molar-refractivity contribution in [2.24, 2.45) is 5.92 Å². The molecule has 18 heavy (non-hydrogen) atoms. The Hall–Kier alpha value is -0.530. The first-order valence-corrected chi connectivity index (χ1v) is 7.95. The molecular weight excluding hydrogens is 224 g/mol. The number of hydrogen-bond donors (Lipinski definition) is 1. The minimum absolute atomic E-state index is 0.0898. The Balaban J connectivity index is 3.54. The summed E-state index contributed by atoms with van der Waals surface area (Å²) in [5.41, 5.74) is 0. The second kappa shape index (κ2) is 12.9. The highest BCUT2D eigenvalue weighted by Crippen LogP contribution is 2.19. The molecule has 0 aliphatic carbocycles. The Morgan fingerprint density at radius 3 is 1.61 bits per heavy atom. The van der Waals surface area contributed by atoms with Crippen molar-refractivity contribution in [2.45, 2.75) is 90.9 Å². The summed E-state index contributed by atoms with van der Waals surface area (Å²) in [6, 6.07) is 0. The standard InChI is InChI=1S/C16H32O2/c1-3-5-7-9-10-12-14-15(16(17)18)13-11-8-6-4-2/h15H,3-14H2,1-2H3,(H,17,18)/t15-/m0/s1. The summed E-state index contributed by atoms with van der Waals surface area (Å²) in [5, 5.41) is 9.17. The van der Waals surface area contributed by atoms with Crippen LogP contribution < -0.4 is 0 Å². The van der Waals surface area contributed by atoms with E-state index in [0.717, 1.165) is 25.7 Å². The summed E-state index contributed by atoms with van der Waals surface area (Å²) in [4.78, 5) is 11.1. The van der Waals surface area contributed by atoms with Gasteiger partial charge in [-0.1, -0.05) is 78.1 Å². The van der Waals surface area contributed by atoms with E-state index in [1.165, 1.54) is 51.4 Å². The van der Waals surface area contributed by atoms with Gasteiger partial charge in [0.1, 0.15) is 0 Å². The summed E-state index contributed by atoms with van der Waals surface area (Å²) in [5.74, 6) is -0.673. The molecule has 1 N–H and O–H groups in total. The fourth-order valence-corrected chi connectivity index (χ4v) is 2.38. The van der Waals surface area contributed by atoms with Gasteiger partial charge >= 0.3 is 5.97 Å². The van der Waals surface area contributed by atoms with Gasteiger partial charge in [-0.2, -0.15) is 0 Å². The zero-order valence-corrected chi connectivity index (χ0v) is 12.4. The molecule has 0 aliphatic heterocycles. The third-order valence-corrected chi connectivity index (χ3v) is 3.66. The molecule has 0 saturated carbocycles. The first kappa shape index (κ1) is 17.5. The van der Waals surface area contributed by atoms with Crippen LogP contribution in [0.5, 0.6) is 0 Å². The minimum atomic E-state index is -0.583. The van der Waals surface area contributed by atoms with Crippen LogP contribution in [-0.4, -0.2) is 11.1 Å². The van der Waals surface area contributed by atoms with E-state index in [0.29, 0.717) is 0 Å². The minimum Gasteiger partial charge on any atom is -0.481 e. The Morgan fingerprint density at radius 1 is 0.778 bits per heavy atom. The van der Waals surface area contributed by atoms with Crippen molar-refractivity contribution in [3.05, 3.63) is 0 Å². The zero-order valence-electron chi connectivity index (χ0n) is 12.4. The highest BCUT2D eigenvalue weighted by molar-refractivity contribution is 5.69. The molecule has 0 rings (SSSR count). The zero-order chi connectivity index (χ0) is 13.6. The third-order valence-electron chi connectivity index (χ3n) is 3.66. The molecule has 1 atom stereocenters. The Morgan fingerprint density at radius 2 is 1.17 bits per heavy atom. The van der Waals surface area contributed by atoms with Crippen molar-refractivity contribution in [3.63, 3.8) is 0 Å². The number of unbranched alkanes of at least 4 members (excludes halogenated alkanes) is 8. The maximum atomic E-state index is 11.1. The number of hydrogen-bond acceptors (Lipinski definition) is 1. The van der Waals surface area contributed by atoms with Crippen LogP contribution in [0.1, 0.15) is 90.9 Å². The maximum absolute atomic E-state index is 11.1. The number of carboxylic acids is 1. The fourth-order valence-electron chi connectivity index (χ4n) is 2.38. The van der Waals surface area contributed by atoms with Gasteiger partial charge in [-0.25, -0.2) is 0 Å². The molecular formula is C16H32O2. The van der Waals surface area contributed by atoms with Crippen molar-refractivity contribution < 1.29 is 9.90 Å². The smallest absolute Gasteiger partial charge is 0.306 e. The van der Waals surface area contributed by atoms with E-state index >= 15 is 0 Å². The van der Waals surface area contributed by atoms with E-state index in [4.69, 9.17) is 0 Å². The Bertz CT molecular complexity index is 190. The summed E-state index contributed by atoms with van der Waals surface area (Å²) in [6.07, 6.45) is 14.0. The van der Waals surface area contributed by atoms with Gasteiger partial charge in [-0.3, -0.25) is 4.79 Å². The summed E-state index contributed by atoms with van der Waals surface area (Å²) >= 11 is 0. The Kier molecular flexibility index (Phi) is 12.5. The first-order chi connectivity index (χ1) is 8.72. The SMILES string of the molecule is CCCCCCCC[C@H](CCCCCC)C(=O)O. The van der Waals surface area contributed by atoms with Gasteiger partial charge in [0.05, 0.1) is 5.92 Å². The lowest BCUT2D eigenvalue weighted by Gasteiger charge is -2.11. The molecule has 108 valence electrons. The predicted molar refractivity (Wildman–Crippen MR) is 77.9 cm³/mol. The molecule has 0 bridgehead atoms. The highest BCUT2D eigenvalue weighted by atomic mass is 16.4. The molecule has 0 aromatic carbocycles. The molecule has 0 amide bonds. The van der Waals surface area contributed by atoms with Gasteiger partial charge in [0.15, 0.2) is 0 Å². The second-order valence-corrected chi connectivity index (χ2v) is 5.44.